The van der Waals surface area contributed by atoms with E-state index in [4.69, 9.17) is 16.0 Å². The number of amides is 1. The van der Waals surface area contributed by atoms with Gasteiger partial charge >= 0.3 is 5.91 Å². The second-order valence-electron chi connectivity index (χ2n) is 6.61. The lowest BCUT2D eigenvalue weighted by molar-refractivity contribution is 0.0929. The molecule has 5 nitrogen and oxygen atoms in total. The third kappa shape index (κ3) is 3.67. The number of carbonyl (C=O) groups is 1. The summed E-state index contributed by atoms with van der Waals surface area (Å²) >= 11 is 5.91. The van der Waals surface area contributed by atoms with E-state index in [0.29, 0.717) is 5.58 Å². The average Bonchev–Trinajstić information content (AvgIpc) is 3.25. The molecule has 146 valence electrons. The van der Waals surface area contributed by atoms with E-state index in [1.807, 2.05) is 42.7 Å². The molecule has 4 aromatic rings. The zero-order valence-electron chi connectivity index (χ0n) is 15.7. The van der Waals surface area contributed by atoms with Gasteiger partial charge in [0.15, 0.2) is 5.76 Å². The van der Waals surface area contributed by atoms with Crippen molar-refractivity contribution in [3.8, 4) is 5.69 Å². The summed E-state index contributed by atoms with van der Waals surface area (Å²) in [6, 6.07) is 15.5. The van der Waals surface area contributed by atoms with Crippen molar-refractivity contribution in [1.29, 1.82) is 0 Å². The smallest absolute Gasteiger partial charge is 0.307 e. The Kier molecular flexibility index (Phi) is 4.94. The molecule has 1 amide bonds. The van der Waals surface area contributed by atoms with Crippen molar-refractivity contribution in [3.63, 3.8) is 0 Å². The maximum absolute atomic E-state index is 13.5. The Labute approximate surface area is 171 Å². The van der Waals surface area contributed by atoms with Gasteiger partial charge in [-0.25, -0.2) is 9.82 Å². The summed E-state index contributed by atoms with van der Waals surface area (Å²) in [7, 11) is 0. The quantitative estimate of drug-likeness (QED) is 0.362. The zero-order valence-corrected chi connectivity index (χ0v) is 16.5. The minimum absolute atomic E-state index is 0.0586. The van der Waals surface area contributed by atoms with Crippen LogP contribution in [-0.2, 0) is 0 Å². The fraction of sp³-hybridized carbons (Fsp3) is 0.0909. The van der Waals surface area contributed by atoms with Crippen LogP contribution in [0.3, 0.4) is 0 Å². The minimum atomic E-state index is -0.465. The van der Waals surface area contributed by atoms with Crippen LogP contribution in [0.5, 0.6) is 0 Å². The monoisotopic (exact) mass is 409 g/mol. The number of aromatic nitrogens is 1. The number of carbonyl (C=O) groups excluding carboxylic acids is 1. The Morgan fingerprint density at radius 1 is 1.17 bits per heavy atom. The number of fused-ring (bicyclic) bond motifs is 1. The molecule has 0 bridgehead atoms. The molecule has 2 aromatic carbocycles. The molecule has 0 aliphatic rings. The Morgan fingerprint density at radius 2 is 1.97 bits per heavy atom. The van der Waals surface area contributed by atoms with Crippen LogP contribution in [0.25, 0.3) is 16.7 Å². The van der Waals surface area contributed by atoms with Gasteiger partial charge in [0, 0.05) is 28.0 Å². The van der Waals surface area contributed by atoms with Crippen molar-refractivity contribution >= 4 is 34.7 Å². The predicted molar refractivity (Wildman–Crippen MR) is 111 cm³/mol. The van der Waals surface area contributed by atoms with Crippen LogP contribution in [0, 0.1) is 19.7 Å². The summed E-state index contributed by atoms with van der Waals surface area (Å²) < 4.78 is 20.9. The van der Waals surface area contributed by atoms with Crippen LogP contribution in [-0.4, -0.2) is 16.7 Å². The molecule has 1 N–H and O–H groups in total. The highest BCUT2D eigenvalue weighted by molar-refractivity contribution is 6.30. The zero-order chi connectivity index (χ0) is 20.5. The van der Waals surface area contributed by atoms with Gasteiger partial charge in [0.05, 0.1) is 11.2 Å². The highest BCUT2D eigenvalue weighted by Gasteiger charge is 2.13. The molecule has 7 heteroatoms. The van der Waals surface area contributed by atoms with Crippen LogP contribution in [0.4, 0.5) is 4.39 Å². The van der Waals surface area contributed by atoms with Crippen LogP contribution in [0.2, 0.25) is 5.02 Å². The summed E-state index contributed by atoms with van der Waals surface area (Å²) in [5.41, 5.74) is 6.49. The summed E-state index contributed by atoms with van der Waals surface area (Å²) in [6.45, 7) is 3.83. The van der Waals surface area contributed by atoms with Gasteiger partial charge in [-0.05, 0) is 50.2 Å². The molecule has 29 heavy (non-hydrogen) atoms. The van der Waals surface area contributed by atoms with Gasteiger partial charge < -0.3 is 8.98 Å². The molecule has 0 fully saturated rings. The summed E-state index contributed by atoms with van der Waals surface area (Å²) in [5.74, 6) is -0.709. The van der Waals surface area contributed by atoms with Crippen molar-refractivity contribution < 1.29 is 13.6 Å². The van der Waals surface area contributed by atoms with Crippen molar-refractivity contribution in [2.24, 2.45) is 5.10 Å². The number of halogens is 2. The van der Waals surface area contributed by atoms with Gasteiger partial charge in [0.1, 0.15) is 11.4 Å². The number of para-hydroxylation sites is 1. The lowest BCUT2D eigenvalue weighted by Crippen LogP contribution is -2.16. The third-order valence-corrected chi connectivity index (χ3v) is 4.94. The molecule has 0 atom stereocenters. The largest absolute Gasteiger partial charge is 0.451 e. The van der Waals surface area contributed by atoms with Gasteiger partial charge in [-0.3, -0.25) is 4.79 Å². The second-order valence-corrected chi connectivity index (χ2v) is 7.02. The lowest BCUT2D eigenvalue weighted by atomic mass is 10.2. The molecule has 0 radical (unpaired) electrons. The fourth-order valence-corrected chi connectivity index (χ4v) is 3.42. The standard InChI is InChI=1S/C22H17ClFN3O2/c1-13-9-16(14(2)27(13)17-7-8-19(24)18(23)11-17)12-25-26-22(28)21-10-15-5-3-4-6-20(15)29-21/h3-12H,1-2H3,(H,26,28)/b25-12+. The van der Waals surface area contributed by atoms with E-state index in [2.05, 4.69) is 10.5 Å². The Morgan fingerprint density at radius 3 is 2.72 bits per heavy atom. The summed E-state index contributed by atoms with van der Waals surface area (Å²) in [4.78, 5) is 12.3. The number of nitrogens with one attached hydrogen (secondary N) is 1. The molecular weight excluding hydrogens is 393 g/mol. The first-order valence-corrected chi connectivity index (χ1v) is 9.28. The molecule has 0 aliphatic carbocycles. The fourth-order valence-electron chi connectivity index (χ4n) is 3.25. The first-order chi connectivity index (χ1) is 13.9. The number of benzene rings is 2. The summed E-state index contributed by atoms with van der Waals surface area (Å²) in [5, 5.41) is 4.95. The number of nitrogens with zero attached hydrogens (tertiary/aromatic N) is 2. The van der Waals surface area contributed by atoms with Gasteiger partial charge in [-0.1, -0.05) is 29.8 Å². The van der Waals surface area contributed by atoms with Crippen LogP contribution < -0.4 is 5.43 Å². The van der Waals surface area contributed by atoms with Crippen molar-refractivity contribution in [1.82, 2.24) is 9.99 Å². The van der Waals surface area contributed by atoms with E-state index >= 15 is 0 Å². The van der Waals surface area contributed by atoms with E-state index in [1.165, 1.54) is 6.07 Å². The topological polar surface area (TPSA) is 59.5 Å². The molecule has 0 saturated carbocycles. The number of rotatable bonds is 4. The maximum Gasteiger partial charge on any atom is 0.307 e. The molecule has 0 spiro atoms. The number of hydrogen-bond acceptors (Lipinski definition) is 3. The number of aryl methyl sites for hydroxylation is 1. The first-order valence-electron chi connectivity index (χ1n) is 8.90. The van der Waals surface area contributed by atoms with Crippen molar-refractivity contribution in [2.75, 3.05) is 0 Å². The Balaban J connectivity index is 1.54. The number of hydrogen-bond donors (Lipinski definition) is 1. The van der Waals surface area contributed by atoms with Gasteiger partial charge in [-0.15, -0.1) is 0 Å². The Hall–Kier alpha value is -3.38. The van der Waals surface area contributed by atoms with Crippen LogP contribution in [0.15, 0.2) is 64.1 Å². The number of furan rings is 1. The molecule has 4 rings (SSSR count). The highest BCUT2D eigenvalue weighted by atomic mass is 35.5. The molecule has 0 unspecified atom stereocenters. The van der Waals surface area contributed by atoms with Crippen LogP contribution in [0.1, 0.15) is 27.5 Å². The van der Waals surface area contributed by atoms with E-state index in [9.17, 15) is 9.18 Å². The van der Waals surface area contributed by atoms with Crippen LogP contribution >= 0.6 is 11.6 Å². The molecule has 0 saturated heterocycles. The molecule has 0 aliphatic heterocycles. The SMILES string of the molecule is Cc1cc(/C=N/NC(=O)c2cc3ccccc3o2)c(C)n1-c1ccc(F)c(Cl)c1. The predicted octanol–water partition coefficient (Wildman–Crippen LogP) is 5.40. The molecular formula is C22H17ClFN3O2. The van der Waals surface area contributed by atoms with Crippen molar-refractivity contribution in [2.45, 2.75) is 13.8 Å². The van der Waals surface area contributed by atoms with Gasteiger partial charge in [0.2, 0.25) is 0 Å². The second kappa shape index (κ2) is 7.56. The summed E-state index contributed by atoms with van der Waals surface area (Å²) in [6.07, 6.45) is 1.56. The maximum atomic E-state index is 13.5. The number of hydrazone groups is 1. The minimum Gasteiger partial charge on any atom is -0.451 e. The average molecular weight is 410 g/mol. The normalized spacial score (nSPS) is 11.4. The van der Waals surface area contributed by atoms with E-state index < -0.39 is 11.7 Å². The van der Waals surface area contributed by atoms with Crippen molar-refractivity contribution in [3.05, 3.63) is 88.1 Å². The molecule has 2 heterocycles. The van der Waals surface area contributed by atoms with Gasteiger partial charge in [-0.2, -0.15) is 5.10 Å². The lowest BCUT2D eigenvalue weighted by Gasteiger charge is -2.10. The van der Waals surface area contributed by atoms with Gasteiger partial charge in [0.25, 0.3) is 0 Å². The third-order valence-electron chi connectivity index (χ3n) is 4.65. The first kappa shape index (κ1) is 19.0. The van der Waals surface area contributed by atoms with E-state index in [-0.39, 0.29) is 10.8 Å². The van der Waals surface area contributed by atoms with E-state index in [1.54, 1.807) is 30.5 Å². The highest BCUT2D eigenvalue weighted by Crippen LogP contribution is 2.24. The molecule has 2 aromatic heterocycles. The Bertz CT molecular complexity index is 1220. The van der Waals surface area contributed by atoms with E-state index in [0.717, 1.165) is 28.0 Å².